The zero-order valence-corrected chi connectivity index (χ0v) is 10.8. The summed E-state index contributed by atoms with van der Waals surface area (Å²) in [6.45, 7) is 3.20. The number of carbonyl (C=O) groups excluding carboxylic acids is 1. The van der Waals surface area contributed by atoms with Crippen molar-refractivity contribution in [2.24, 2.45) is 0 Å². The van der Waals surface area contributed by atoms with Gasteiger partial charge in [0.15, 0.2) is 17.8 Å². The van der Waals surface area contributed by atoms with Crippen molar-refractivity contribution in [1.82, 2.24) is 5.32 Å². The number of benzene rings is 1. The molecule has 2 aliphatic rings. The molecule has 96 valence electrons. The van der Waals surface area contributed by atoms with Gasteiger partial charge in [-0.1, -0.05) is 11.6 Å². The molecule has 1 saturated heterocycles. The van der Waals surface area contributed by atoms with Crippen LogP contribution in [-0.2, 0) is 5.54 Å². The molecule has 5 heteroatoms. The van der Waals surface area contributed by atoms with Crippen LogP contribution in [0, 0.1) is 0 Å². The summed E-state index contributed by atoms with van der Waals surface area (Å²) < 4.78 is 10.9. The Morgan fingerprint density at radius 2 is 2.22 bits per heavy atom. The first kappa shape index (κ1) is 11.8. The molecule has 1 fully saturated rings. The summed E-state index contributed by atoms with van der Waals surface area (Å²) in [6.07, 6.45) is 2.83. The third kappa shape index (κ3) is 1.60. The zero-order chi connectivity index (χ0) is 12.8. The van der Waals surface area contributed by atoms with Gasteiger partial charge in [-0.25, -0.2) is 0 Å². The predicted octanol–water partition coefficient (Wildman–Crippen LogP) is 2.48. The molecule has 4 nitrogen and oxygen atoms in total. The van der Waals surface area contributed by atoms with Gasteiger partial charge < -0.3 is 14.8 Å². The van der Waals surface area contributed by atoms with Gasteiger partial charge in [0.05, 0.1) is 10.6 Å². The lowest BCUT2D eigenvalue weighted by molar-refractivity contribution is 0.111. The van der Waals surface area contributed by atoms with Gasteiger partial charge in [0.1, 0.15) is 0 Å². The van der Waals surface area contributed by atoms with Crippen LogP contribution in [0.2, 0.25) is 5.02 Å². The Hall–Kier alpha value is -1.26. The van der Waals surface area contributed by atoms with Gasteiger partial charge in [-0.05, 0) is 32.4 Å². The third-order valence-electron chi connectivity index (χ3n) is 3.67. The number of aldehydes is 1. The van der Waals surface area contributed by atoms with E-state index in [0.29, 0.717) is 22.1 Å². The average Bonchev–Trinajstić information content (AvgIpc) is 2.97. The largest absolute Gasteiger partial charge is 0.453 e. The van der Waals surface area contributed by atoms with E-state index in [0.717, 1.165) is 31.2 Å². The highest BCUT2D eigenvalue weighted by Gasteiger charge is 2.38. The van der Waals surface area contributed by atoms with Crippen molar-refractivity contribution in [3.63, 3.8) is 0 Å². The minimum atomic E-state index is -0.212. The van der Waals surface area contributed by atoms with Gasteiger partial charge in [0.2, 0.25) is 6.79 Å². The van der Waals surface area contributed by atoms with Crippen molar-refractivity contribution in [1.29, 1.82) is 0 Å². The highest BCUT2D eigenvalue weighted by Crippen LogP contribution is 2.48. The number of hydrogen-bond acceptors (Lipinski definition) is 4. The second kappa shape index (κ2) is 4.14. The fraction of sp³-hybridized carbons (Fsp3) is 0.462. The summed E-state index contributed by atoms with van der Waals surface area (Å²) in [6, 6.07) is 1.66. The summed E-state index contributed by atoms with van der Waals surface area (Å²) in [5.74, 6) is 1.13. The van der Waals surface area contributed by atoms with Crippen LogP contribution in [0.25, 0.3) is 0 Å². The lowest BCUT2D eigenvalue weighted by Gasteiger charge is -2.27. The molecular formula is C13H14ClNO3. The standard InChI is InChI=1S/C13H14ClNO3/c1-13(3-2-4-15-13)10-9(14)5-8(6-16)11-12(10)18-7-17-11/h5-6,15H,2-4,7H2,1H3. The van der Waals surface area contributed by atoms with E-state index in [9.17, 15) is 4.79 Å². The number of halogens is 1. The number of fused-ring (bicyclic) bond motifs is 1. The van der Waals surface area contributed by atoms with Crippen LogP contribution in [0.5, 0.6) is 11.5 Å². The lowest BCUT2D eigenvalue weighted by atomic mass is 9.88. The van der Waals surface area contributed by atoms with Gasteiger partial charge in [-0.2, -0.15) is 0 Å². The summed E-state index contributed by atoms with van der Waals surface area (Å²) in [5, 5.41) is 4.00. The second-order valence-corrected chi connectivity index (χ2v) is 5.27. The average molecular weight is 268 g/mol. The van der Waals surface area contributed by atoms with Crippen molar-refractivity contribution in [2.45, 2.75) is 25.3 Å². The molecule has 1 atom stereocenters. The van der Waals surface area contributed by atoms with Gasteiger partial charge >= 0.3 is 0 Å². The molecule has 0 spiro atoms. The molecule has 2 heterocycles. The molecular weight excluding hydrogens is 254 g/mol. The molecule has 0 radical (unpaired) electrons. The van der Waals surface area contributed by atoms with E-state index < -0.39 is 0 Å². The predicted molar refractivity (Wildman–Crippen MR) is 67.6 cm³/mol. The van der Waals surface area contributed by atoms with Gasteiger partial charge in [0, 0.05) is 11.1 Å². The summed E-state index contributed by atoms with van der Waals surface area (Å²) in [5.41, 5.74) is 1.13. The molecule has 2 aliphatic heterocycles. The highest BCUT2D eigenvalue weighted by atomic mass is 35.5. The minimum absolute atomic E-state index is 0.138. The van der Waals surface area contributed by atoms with E-state index in [1.807, 2.05) is 0 Å². The third-order valence-corrected chi connectivity index (χ3v) is 3.97. The molecule has 0 saturated carbocycles. The molecule has 1 N–H and O–H groups in total. The van der Waals surface area contributed by atoms with Crippen molar-refractivity contribution in [3.8, 4) is 11.5 Å². The Morgan fingerprint density at radius 3 is 2.89 bits per heavy atom. The number of hydrogen-bond donors (Lipinski definition) is 1. The van der Waals surface area contributed by atoms with E-state index in [1.54, 1.807) is 6.07 Å². The Balaban J connectivity index is 2.21. The summed E-state index contributed by atoms with van der Waals surface area (Å²) in [4.78, 5) is 11.0. The number of rotatable bonds is 2. The first-order chi connectivity index (χ1) is 8.65. The van der Waals surface area contributed by atoms with E-state index in [-0.39, 0.29) is 12.3 Å². The van der Waals surface area contributed by atoms with E-state index in [4.69, 9.17) is 21.1 Å². The van der Waals surface area contributed by atoms with E-state index in [1.165, 1.54) is 0 Å². The Kier molecular flexibility index (Phi) is 2.72. The smallest absolute Gasteiger partial charge is 0.231 e. The maximum absolute atomic E-state index is 11.0. The highest BCUT2D eigenvalue weighted by molar-refractivity contribution is 6.32. The first-order valence-electron chi connectivity index (χ1n) is 5.98. The summed E-state index contributed by atoms with van der Waals surface area (Å²) in [7, 11) is 0. The topological polar surface area (TPSA) is 47.6 Å². The Morgan fingerprint density at radius 1 is 1.44 bits per heavy atom. The van der Waals surface area contributed by atoms with Crippen LogP contribution in [0.15, 0.2) is 6.07 Å². The van der Waals surface area contributed by atoms with Gasteiger partial charge in [-0.15, -0.1) is 0 Å². The Labute approximate surface area is 110 Å². The van der Waals surface area contributed by atoms with Crippen LogP contribution >= 0.6 is 11.6 Å². The molecule has 0 aliphatic carbocycles. The fourth-order valence-corrected chi connectivity index (χ4v) is 3.18. The minimum Gasteiger partial charge on any atom is -0.453 e. The van der Waals surface area contributed by atoms with Crippen LogP contribution < -0.4 is 14.8 Å². The van der Waals surface area contributed by atoms with Gasteiger partial charge in [0.25, 0.3) is 0 Å². The molecule has 0 amide bonds. The van der Waals surface area contributed by atoms with Crippen LogP contribution in [0.1, 0.15) is 35.7 Å². The van der Waals surface area contributed by atoms with Crippen molar-refractivity contribution in [3.05, 3.63) is 22.2 Å². The van der Waals surface area contributed by atoms with Crippen molar-refractivity contribution < 1.29 is 14.3 Å². The molecule has 0 aromatic heterocycles. The van der Waals surface area contributed by atoms with E-state index in [2.05, 4.69) is 12.2 Å². The van der Waals surface area contributed by atoms with Crippen LogP contribution in [0.4, 0.5) is 0 Å². The number of carbonyl (C=O) groups is 1. The fourth-order valence-electron chi connectivity index (χ4n) is 2.77. The molecule has 1 unspecified atom stereocenters. The molecule has 1 aromatic rings. The van der Waals surface area contributed by atoms with E-state index >= 15 is 0 Å². The Bertz CT molecular complexity index is 509. The second-order valence-electron chi connectivity index (χ2n) is 4.87. The zero-order valence-electron chi connectivity index (χ0n) is 10.1. The molecule has 1 aromatic carbocycles. The quantitative estimate of drug-likeness (QED) is 0.837. The number of ether oxygens (including phenoxy) is 2. The number of nitrogens with one attached hydrogen (secondary N) is 1. The van der Waals surface area contributed by atoms with Gasteiger partial charge in [-0.3, -0.25) is 4.79 Å². The SMILES string of the molecule is CC1(c2c(Cl)cc(C=O)c3c2OCO3)CCCN1. The van der Waals surface area contributed by atoms with Crippen molar-refractivity contribution in [2.75, 3.05) is 13.3 Å². The molecule has 0 bridgehead atoms. The molecule has 3 rings (SSSR count). The normalized spacial score (nSPS) is 25.4. The van der Waals surface area contributed by atoms with Crippen LogP contribution in [-0.4, -0.2) is 19.6 Å². The van der Waals surface area contributed by atoms with Crippen molar-refractivity contribution >= 4 is 17.9 Å². The first-order valence-corrected chi connectivity index (χ1v) is 6.36. The maximum atomic E-state index is 11.0. The monoisotopic (exact) mass is 267 g/mol. The molecule has 18 heavy (non-hydrogen) atoms. The lowest BCUT2D eigenvalue weighted by Crippen LogP contribution is -2.33. The maximum Gasteiger partial charge on any atom is 0.231 e. The van der Waals surface area contributed by atoms with Crippen LogP contribution in [0.3, 0.4) is 0 Å². The summed E-state index contributed by atoms with van der Waals surface area (Å²) >= 11 is 6.33.